The number of amides is 1. The predicted molar refractivity (Wildman–Crippen MR) is 91.8 cm³/mol. The van der Waals surface area contributed by atoms with Gasteiger partial charge in [-0.3, -0.25) is 4.79 Å². The molecule has 0 aromatic heterocycles. The molecule has 1 aromatic carbocycles. The lowest BCUT2D eigenvalue weighted by molar-refractivity contribution is -0.140. The summed E-state index contributed by atoms with van der Waals surface area (Å²) < 4.78 is 10.2. The molecule has 1 aromatic rings. The quantitative estimate of drug-likeness (QED) is 0.792. The van der Waals surface area contributed by atoms with E-state index in [1.54, 1.807) is 4.90 Å². The minimum absolute atomic E-state index is 0.0155. The second kappa shape index (κ2) is 7.24. The summed E-state index contributed by atoms with van der Waals surface area (Å²) in [5.74, 6) is -0.197. The minimum Gasteiger partial charge on any atom is -0.469 e. The smallest absolute Gasteiger partial charge is 0.410 e. The normalized spacial score (nSPS) is 17.2. The molecule has 0 radical (unpaired) electrons. The van der Waals surface area contributed by atoms with Gasteiger partial charge < -0.3 is 14.4 Å². The Morgan fingerprint density at radius 1 is 1.29 bits per heavy atom. The average molecular weight is 333 g/mol. The van der Waals surface area contributed by atoms with Crippen LogP contribution in [0.5, 0.6) is 0 Å². The fourth-order valence-corrected chi connectivity index (χ4v) is 2.96. The first kappa shape index (κ1) is 18.3. The molecule has 0 bridgehead atoms. The van der Waals surface area contributed by atoms with Crippen LogP contribution in [0.15, 0.2) is 18.2 Å². The van der Waals surface area contributed by atoms with Gasteiger partial charge in [0.05, 0.1) is 13.2 Å². The second-order valence-corrected chi connectivity index (χ2v) is 7.21. The average Bonchev–Trinajstić information content (AvgIpc) is 2.51. The van der Waals surface area contributed by atoms with Gasteiger partial charge in [0.2, 0.25) is 0 Å². The van der Waals surface area contributed by atoms with E-state index >= 15 is 0 Å². The van der Waals surface area contributed by atoms with Gasteiger partial charge in [-0.1, -0.05) is 18.2 Å². The number of methoxy groups -OCH3 is 1. The number of aryl methyl sites for hydroxylation is 1. The Kier molecular flexibility index (Phi) is 5.52. The van der Waals surface area contributed by atoms with Crippen LogP contribution in [-0.2, 0) is 27.1 Å². The lowest BCUT2D eigenvalue weighted by Gasteiger charge is -2.36. The van der Waals surface area contributed by atoms with Crippen molar-refractivity contribution in [2.75, 3.05) is 13.7 Å². The fourth-order valence-electron chi connectivity index (χ4n) is 2.96. The van der Waals surface area contributed by atoms with E-state index in [0.29, 0.717) is 19.4 Å². The molecule has 1 aliphatic rings. The molecule has 5 heteroatoms. The zero-order valence-electron chi connectivity index (χ0n) is 15.2. The Hall–Kier alpha value is -2.04. The minimum atomic E-state index is -0.491. The largest absolute Gasteiger partial charge is 0.469 e. The summed E-state index contributed by atoms with van der Waals surface area (Å²) in [6, 6.07) is 6.21. The molecule has 0 N–H and O–H groups in total. The number of hydrogen-bond donors (Lipinski definition) is 0. The molecule has 1 heterocycles. The summed E-state index contributed by atoms with van der Waals surface area (Å²) in [6.45, 7) is 8.29. The lowest BCUT2D eigenvalue weighted by atomic mass is 9.91. The third-order valence-corrected chi connectivity index (χ3v) is 4.22. The standard InChI is InChI=1S/C19H27NO4/c1-13-16-8-6-14(7-9-17(21)23-5)12-15(16)10-11-20(13)18(22)24-19(2,3)4/h6,8,12-13H,7,9-11H2,1-5H3. The van der Waals surface area contributed by atoms with Crippen molar-refractivity contribution in [2.45, 2.75) is 58.6 Å². The van der Waals surface area contributed by atoms with Gasteiger partial charge in [-0.15, -0.1) is 0 Å². The van der Waals surface area contributed by atoms with Crippen molar-refractivity contribution in [3.63, 3.8) is 0 Å². The summed E-state index contributed by atoms with van der Waals surface area (Å²) in [7, 11) is 1.40. The van der Waals surface area contributed by atoms with E-state index in [1.807, 2.05) is 33.8 Å². The molecule has 0 spiro atoms. The molecular weight excluding hydrogens is 306 g/mol. The molecule has 132 valence electrons. The van der Waals surface area contributed by atoms with Crippen LogP contribution in [0.2, 0.25) is 0 Å². The van der Waals surface area contributed by atoms with Crippen molar-refractivity contribution in [1.29, 1.82) is 0 Å². The maximum atomic E-state index is 12.4. The maximum Gasteiger partial charge on any atom is 0.410 e. The van der Waals surface area contributed by atoms with E-state index in [1.165, 1.54) is 12.7 Å². The van der Waals surface area contributed by atoms with E-state index in [0.717, 1.165) is 17.5 Å². The molecular formula is C19H27NO4. The van der Waals surface area contributed by atoms with Gasteiger partial charge in [0, 0.05) is 13.0 Å². The summed E-state index contributed by atoms with van der Waals surface area (Å²) >= 11 is 0. The Morgan fingerprint density at radius 3 is 2.62 bits per heavy atom. The summed E-state index contributed by atoms with van der Waals surface area (Å²) in [6.07, 6.45) is 1.58. The monoisotopic (exact) mass is 333 g/mol. The number of carbonyl (C=O) groups is 2. The SMILES string of the molecule is COC(=O)CCc1ccc2c(c1)CCN(C(=O)OC(C)(C)C)C2C. The number of ether oxygens (including phenoxy) is 2. The van der Waals surface area contributed by atoms with Crippen LogP contribution in [0.3, 0.4) is 0 Å². The molecule has 24 heavy (non-hydrogen) atoms. The number of carbonyl (C=O) groups excluding carboxylic acids is 2. The number of nitrogens with zero attached hydrogens (tertiary/aromatic N) is 1. The van der Waals surface area contributed by atoms with Crippen molar-refractivity contribution in [3.05, 3.63) is 34.9 Å². The molecule has 0 saturated heterocycles. The molecule has 1 amide bonds. The first-order valence-electron chi connectivity index (χ1n) is 8.39. The molecule has 5 nitrogen and oxygen atoms in total. The van der Waals surface area contributed by atoms with Crippen LogP contribution < -0.4 is 0 Å². The summed E-state index contributed by atoms with van der Waals surface area (Å²) in [5.41, 5.74) is 3.02. The van der Waals surface area contributed by atoms with Crippen LogP contribution in [-0.4, -0.2) is 36.2 Å². The molecule has 0 fully saturated rings. The van der Waals surface area contributed by atoms with Gasteiger partial charge in [-0.05, 0) is 57.2 Å². The van der Waals surface area contributed by atoms with Crippen LogP contribution >= 0.6 is 0 Å². The van der Waals surface area contributed by atoms with Crippen molar-refractivity contribution in [1.82, 2.24) is 4.90 Å². The molecule has 2 rings (SSSR count). The first-order chi connectivity index (χ1) is 11.2. The molecule has 1 atom stereocenters. The van der Waals surface area contributed by atoms with Crippen molar-refractivity contribution in [2.24, 2.45) is 0 Å². The second-order valence-electron chi connectivity index (χ2n) is 7.21. The van der Waals surface area contributed by atoms with Crippen LogP contribution in [0.1, 0.15) is 56.8 Å². The maximum absolute atomic E-state index is 12.4. The van der Waals surface area contributed by atoms with Crippen molar-refractivity contribution >= 4 is 12.1 Å². The van der Waals surface area contributed by atoms with Gasteiger partial charge in [0.25, 0.3) is 0 Å². The predicted octanol–water partition coefficient (Wildman–Crippen LogP) is 3.65. The number of esters is 1. The highest BCUT2D eigenvalue weighted by Crippen LogP contribution is 2.31. The van der Waals surface area contributed by atoms with E-state index in [4.69, 9.17) is 4.74 Å². The van der Waals surface area contributed by atoms with Gasteiger partial charge in [-0.2, -0.15) is 0 Å². The summed E-state index contributed by atoms with van der Waals surface area (Å²) in [5, 5.41) is 0. The van der Waals surface area contributed by atoms with Gasteiger partial charge in [-0.25, -0.2) is 4.79 Å². The topological polar surface area (TPSA) is 55.8 Å². The lowest BCUT2D eigenvalue weighted by Crippen LogP contribution is -2.42. The zero-order chi connectivity index (χ0) is 17.9. The third kappa shape index (κ3) is 4.49. The Labute approximate surface area is 143 Å². The molecule has 0 saturated carbocycles. The Bertz CT molecular complexity index is 618. The number of rotatable bonds is 3. The van der Waals surface area contributed by atoms with Gasteiger partial charge in [0.15, 0.2) is 0 Å². The van der Waals surface area contributed by atoms with Crippen LogP contribution in [0.25, 0.3) is 0 Å². The highest BCUT2D eigenvalue weighted by atomic mass is 16.6. The van der Waals surface area contributed by atoms with Gasteiger partial charge >= 0.3 is 12.1 Å². The van der Waals surface area contributed by atoms with E-state index in [9.17, 15) is 9.59 Å². The van der Waals surface area contributed by atoms with E-state index in [2.05, 4.69) is 16.9 Å². The number of fused-ring (bicyclic) bond motifs is 1. The van der Waals surface area contributed by atoms with Crippen molar-refractivity contribution < 1.29 is 19.1 Å². The highest BCUT2D eigenvalue weighted by molar-refractivity contribution is 5.70. The number of hydrogen-bond acceptors (Lipinski definition) is 4. The van der Waals surface area contributed by atoms with Crippen LogP contribution in [0, 0.1) is 0 Å². The molecule has 0 aliphatic carbocycles. The molecule has 1 aliphatic heterocycles. The first-order valence-corrected chi connectivity index (χ1v) is 8.39. The van der Waals surface area contributed by atoms with E-state index < -0.39 is 5.60 Å². The summed E-state index contributed by atoms with van der Waals surface area (Å²) in [4.78, 5) is 25.4. The van der Waals surface area contributed by atoms with Crippen molar-refractivity contribution in [3.8, 4) is 0 Å². The zero-order valence-corrected chi connectivity index (χ0v) is 15.2. The Balaban J connectivity index is 2.09. The number of benzene rings is 1. The third-order valence-electron chi connectivity index (χ3n) is 4.22. The fraction of sp³-hybridized carbons (Fsp3) is 0.579. The van der Waals surface area contributed by atoms with Crippen LogP contribution in [0.4, 0.5) is 4.79 Å². The highest BCUT2D eigenvalue weighted by Gasteiger charge is 2.30. The Morgan fingerprint density at radius 2 is 2.00 bits per heavy atom. The van der Waals surface area contributed by atoms with Gasteiger partial charge in [0.1, 0.15) is 5.60 Å². The van der Waals surface area contributed by atoms with E-state index in [-0.39, 0.29) is 18.1 Å². The molecule has 1 unspecified atom stereocenters.